The van der Waals surface area contributed by atoms with E-state index in [0.29, 0.717) is 0 Å². The summed E-state index contributed by atoms with van der Waals surface area (Å²) in [7, 11) is 0. The molecule has 0 spiro atoms. The van der Waals surface area contributed by atoms with Crippen LogP contribution in [0.5, 0.6) is 0 Å². The molecule has 0 aliphatic heterocycles. The van der Waals surface area contributed by atoms with Gasteiger partial charge < -0.3 is 15.8 Å². The number of carbonyl (C=O) groups excluding carboxylic acids is 1. The summed E-state index contributed by atoms with van der Waals surface area (Å²) in [5, 5.41) is 20.5. The summed E-state index contributed by atoms with van der Waals surface area (Å²) in [5.41, 5.74) is -0.278. The quantitative estimate of drug-likeness (QED) is 0.707. The van der Waals surface area contributed by atoms with E-state index in [9.17, 15) is 14.4 Å². The summed E-state index contributed by atoms with van der Waals surface area (Å²) in [6.07, 6.45) is 0. The minimum absolute atomic E-state index is 0.223. The zero-order valence-corrected chi connectivity index (χ0v) is 7.32. The van der Waals surface area contributed by atoms with Crippen molar-refractivity contribution in [3.63, 3.8) is 0 Å². The smallest absolute Gasteiger partial charge is 0.221 e. The first kappa shape index (κ1) is 10.4. The molecule has 0 saturated heterocycles. The number of carbonyl (C=O) groups is 1. The van der Waals surface area contributed by atoms with Crippen LogP contribution in [0.1, 0.15) is 6.92 Å². The van der Waals surface area contributed by atoms with Crippen molar-refractivity contribution in [3.8, 4) is 0 Å². The van der Waals surface area contributed by atoms with E-state index in [1.54, 1.807) is 0 Å². The lowest BCUT2D eigenvalue weighted by Gasteiger charge is -2.22. The van der Waals surface area contributed by atoms with Crippen LogP contribution in [-0.4, -0.2) is 11.1 Å². The van der Waals surface area contributed by atoms with Crippen LogP contribution in [0.15, 0.2) is 18.2 Å². The van der Waals surface area contributed by atoms with Gasteiger partial charge in [-0.05, 0) is 18.2 Å². The van der Waals surface area contributed by atoms with E-state index in [2.05, 4.69) is 5.32 Å². The minimum Gasteiger partial charge on any atom is -0.733 e. The fourth-order valence-electron chi connectivity index (χ4n) is 0.943. The fraction of sp³-hybridized carbons (Fsp3) is 0.125. The number of hydrogen-bond acceptors (Lipinski definition) is 4. The number of halogens is 1. The molecule has 1 amide bonds. The van der Waals surface area contributed by atoms with Gasteiger partial charge in [-0.1, -0.05) is 0 Å². The van der Waals surface area contributed by atoms with E-state index in [4.69, 9.17) is 5.21 Å². The second-order valence-electron chi connectivity index (χ2n) is 2.62. The second kappa shape index (κ2) is 4.03. The van der Waals surface area contributed by atoms with E-state index < -0.39 is 16.7 Å². The van der Waals surface area contributed by atoms with E-state index in [0.717, 1.165) is 12.1 Å². The van der Waals surface area contributed by atoms with Crippen molar-refractivity contribution >= 4 is 17.3 Å². The number of hydrogen-bond donors (Lipinski definition) is 2. The highest BCUT2D eigenvalue weighted by molar-refractivity contribution is 5.88. The molecular weight excluding hydrogens is 191 g/mol. The molecule has 0 heterocycles. The highest BCUT2D eigenvalue weighted by Gasteiger charge is 2.04. The number of rotatable bonds is 2. The van der Waals surface area contributed by atoms with Gasteiger partial charge in [0.15, 0.2) is 0 Å². The number of anilines is 2. The third-order valence-corrected chi connectivity index (χ3v) is 1.47. The highest BCUT2D eigenvalue weighted by Crippen LogP contribution is 2.20. The molecule has 0 saturated carbocycles. The molecule has 0 radical (unpaired) electrons. The van der Waals surface area contributed by atoms with Gasteiger partial charge in [0.05, 0.1) is 5.69 Å². The number of nitrogens with one attached hydrogen (secondary N) is 1. The summed E-state index contributed by atoms with van der Waals surface area (Å²) >= 11 is 0. The number of amides is 1. The summed E-state index contributed by atoms with van der Waals surface area (Å²) in [4.78, 5) is 10.6. The van der Waals surface area contributed by atoms with Crippen LogP contribution in [0.25, 0.3) is 0 Å². The van der Waals surface area contributed by atoms with Crippen molar-refractivity contribution in [1.82, 2.24) is 0 Å². The molecule has 0 unspecified atom stereocenters. The van der Waals surface area contributed by atoms with Gasteiger partial charge in [-0.25, -0.2) is 4.39 Å². The number of benzene rings is 1. The molecule has 2 N–H and O–H groups in total. The van der Waals surface area contributed by atoms with Gasteiger partial charge in [-0.2, -0.15) is 0 Å². The summed E-state index contributed by atoms with van der Waals surface area (Å²) in [5.74, 6) is -1.26. The molecule has 0 bridgehead atoms. The summed E-state index contributed by atoms with van der Waals surface area (Å²) < 4.78 is 13.0. The maximum atomic E-state index is 13.0. The Morgan fingerprint density at radius 1 is 1.64 bits per heavy atom. The van der Waals surface area contributed by atoms with Gasteiger partial charge in [0, 0.05) is 12.6 Å². The van der Waals surface area contributed by atoms with Crippen LogP contribution in [0.2, 0.25) is 0 Å². The molecule has 76 valence electrons. The Bertz CT molecular complexity index is 354. The lowest BCUT2D eigenvalue weighted by atomic mass is 10.2. The Kier molecular flexibility index (Phi) is 3.00. The molecule has 0 aromatic heterocycles. The summed E-state index contributed by atoms with van der Waals surface area (Å²) in [6, 6.07) is 3.31. The van der Waals surface area contributed by atoms with Crippen LogP contribution in [-0.2, 0) is 4.79 Å². The van der Waals surface area contributed by atoms with Gasteiger partial charge in [-0.3, -0.25) is 10.0 Å². The minimum atomic E-state index is -0.909. The van der Waals surface area contributed by atoms with Gasteiger partial charge >= 0.3 is 0 Å². The van der Waals surface area contributed by atoms with Gasteiger partial charge in [0.1, 0.15) is 5.82 Å². The normalized spacial score (nSPS) is 9.71. The lowest BCUT2D eigenvalue weighted by Crippen LogP contribution is -2.10. The average molecular weight is 199 g/mol. The molecule has 1 aromatic carbocycles. The topological polar surface area (TPSA) is 75.6 Å². The monoisotopic (exact) mass is 199 g/mol. The van der Waals surface area contributed by atoms with Crippen molar-refractivity contribution in [2.45, 2.75) is 6.92 Å². The SMILES string of the molecule is CC(=O)Nc1ccc(N([O-])O)c(F)c1. The van der Waals surface area contributed by atoms with Crippen LogP contribution >= 0.6 is 0 Å². The lowest BCUT2D eigenvalue weighted by molar-refractivity contribution is -0.114. The van der Waals surface area contributed by atoms with Crippen molar-refractivity contribution in [3.05, 3.63) is 29.2 Å². The first-order valence-corrected chi connectivity index (χ1v) is 3.74. The average Bonchev–Trinajstić information content (AvgIpc) is 2.01. The Balaban J connectivity index is 2.94. The predicted molar refractivity (Wildman–Crippen MR) is 48.3 cm³/mol. The highest BCUT2D eigenvalue weighted by atomic mass is 19.1. The molecule has 5 nitrogen and oxygen atoms in total. The van der Waals surface area contributed by atoms with Crippen molar-refractivity contribution in [2.24, 2.45) is 0 Å². The van der Waals surface area contributed by atoms with Crippen molar-refractivity contribution in [2.75, 3.05) is 10.5 Å². The maximum Gasteiger partial charge on any atom is 0.221 e. The Morgan fingerprint density at radius 2 is 2.29 bits per heavy atom. The molecule has 6 heteroatoms. The van der Waals surface area contributed by atoms with Gasteiger partial charge in [-0.15, -0.1) is 0 Å². The van der Waals surface area contributed by atoms with Crippen LogP contribution < -0.4 is 10.5 Å². The van der Waals surface area contributed by atoms with Crippen molar-refractivity contribution in [1.29, 1.82) is 0 Å². The molecule has 14 heavy (non-hydrogen) atoms. The maximum absolute atomic E-state index is 13.0. The molecule has 0 aliphatic rings. The van der Waals surface area contributed by atoms with Gasteiger partial charge in [0.25, 0.3) is 0 Å². The first-order chi connectivity index (χ1) is 6.50. The molecule has 0 atom stereocenters. The Hall–Kier alpha value is -1.66. The molecule has 1 rings (SSSR count). The molecule has 0 aliphatic carbocycles. The van der Waals surface area contributed by atoms with Crippen LogP contribution in [0.4, 0.5) is 15.8 Å². The number of nitrogens with zero attached hydrogens (tertiary/aromatic N) is 1. The van der Waals surface area contributed by atoms with E-state index in [-0.39, 0.29) is 11.6 Å². The molecule has 0 fully saturated rings. The molecule has 1 aromatic rings. The third-order valence-electron chi connectivity index (χ3n) is 1.47. The van der Waals surface area contributed by atoms with Crippen molar-refractivity contribution < 1.29 is 14.4 Å². The first-order valence-electron chi connectivity index (χ1n) is 3.74. The summed E-state index contributed by atoms with van der Waals surface area (Å²) in [6.45, 7) is 1.28. The second-order valence-corrected chi connectivity index (χ2v) is 2.62. The standard InChI is InChI=1S/C8H8FN2O3/c1-5(12)10-6-2-3-8(11(13)14)7(9)4-6/h2-4,13H,1H3,(H,10,12)/q-1. The Labute approximate surface area is 79.3 Å². The van der Waals surface area contributed by atoms with E-state index in [1.165, 1.54) is 13.0 Å². The predicted octanol–water partition coefficient (Wildman–Crippen LogP) is 1.48. The zero-order chi connectivity index (χ0) is 10.7. The zero-order valence-electron chi connectivity index (χ0n) is 7.32. The Morgan fingerprint density at radius 3 is 2.71 bits per heavy atom. The molecular formula is C8H8FN2O3-. The largest absolute Gasteiger partial charge is 0.733 e. The fourth-order valence-corrected chi connectivity index (χ4v) is 0.943. The van der Waals surface area contributed by atoms with Crippen LogP contribution in [0.3, 0.4) is 0 Å². The van der Waals surface area contributed by atoms with E-state index >= 15 is 0 Å². The van der Waals surface area contributed by atoms with Gasteiger partial charge in [0.2, 0.25) is 5.91 Å². The van der Waals surface area contributed by atoms with E-state index in [1.807, 2.05) is 0 Å². The van der Waals surface area contributed by atoms with Crippen LogP contribution in [0, 0.1) is 11.0 Å². The third kappa shape index (κ3) is 2.41.